The number of thiazole rings is 1. The van der Waals surface area contributed by atoms with Crippen LogP contribution in [0.2, 0.25) is 5.02 Å². The Morgan fingerprint density at radius 3 is 2.92 bits per heavy atom. The molecular weight excluding hydrogens is 453 g/mol. The van der Waals surface area contributed by atoms with E-state index in [9.17, 15) is 0 Å². The summed E-state index contributed by atoms with van der Waals surface area (Å²) in [4.78, 5) is 6.87. The van der Waals surface area contributed by atoms with Crippen LogP contribution in [0.1, 0.15) is 10.6 Å². The lowest BCUT2D eigenvalue weighted by atomic mass is 10.0. The SMILES string of the molecule is CN1C=C/C(=C\c2nc3c(cc(Cl)c[n+]3C)s2)c2ccccc21.[I-]. The first-order valence-electron chi connectivity index (χ1n) is 7.30. The highest BCUT2D eigenvalue weighted by Gasteiger charge is 2.18. The van der Waals surface area contributed by atoms with Gasteiger partial charge in [-0.3, -0.25) is 0 Å². The average molecular weight is 468 g/mol. The van der Waals surface area contributed by atoms with Crippen LogP contribution in [0.25, 0.3) is 22.0 Å². The smallest absolute Gasteiger partial charge is 0.342 e. The van der Waals surface area contributed by atoms with E-state index in [-0.39, 0.29) is 24.0 Å². The van der Waals surface area contributed by atoms with Crippen LogP contribution < -0.4 is 33.4 Å². The highest BCUT2D eigenvalue weighted by molar-refractivity contribution is 7.19. The third-order valence-electron chi connectivity index (χ3n) is 3.92. The van der Waals surface area contributed by atoms with E-state index >= 15 is 0 Å². The Morgan fingerprint density at radius 1 is 1.29 bits per heavy atom. The van der Waals surface area contributed by atoms with Gasteiger partial charge in [-0.1, -0.05) is 41.1 Å². The molecule has 0 saturated heterocycles. The maximum atomic E-state index is 6.13. The van der Waals surface area contributed by atoms with Crippen LogP contribution in [-0.2, 0) is 7.05 Å². The number of nitrogens with zero attached hydrogens (tertiary/aromatic N) is 3. The van der Waals surface area contributed by atoms with E-state index in [0.29, 0.717) is 0 Å². The second kappa shape index (κ2) is 6.82. The quantitative estimate of drug-likeness (QED) is 0.397. The van der Waals surface area contributed by atoms with Crippen molar-refractivity contribution in [3.63, 3.8) is 0 Å². The van der Waals surface area contributed by atoms with Crippen LogP contribution in [0, 0.1) is 0 Å². The summed E-state index contributed by atoms with van der Waals surface area (Å²) in [7, 11) is 4.03. The zero-order chi connectivity index (χ0) is 16.0. The van der Waals surface area contributed by atoms with Gasteiger partial charge in [0, 0.05) is 30.6 Å². The van der Waals surface area contributed by atoms with Crippen LogP contribution >= 0.6 is 22.9 Å². The fourth-order valence-electron chi connectivity index (χ4n) is 2.80. The van der Waals surface area contributed by atoms with Crippen LogP contribution in [0.4, 0.5) is 5.69 Å². The molecule has 24 heavy (non-hydrogen) atoms. The van der Waals surface area contributed by atoms with E-state index in [1.807, 2.05) is 23.9 Å². The van der Waals surface area contributed by atoms with Crippen molar-refractivity contribution in [2.75, 3.05) is 11.9 Å². The Kier molecular flexibility index (Phi) is 4.94. The van der Waals surface area contributed by atoms with Gasteiger partial charge in [0.05, 0.1) is 12.1 Å². The van der Waals surface area contributed by atoms with E-state index in [1.54, 1.807) is 11.3 Å². The number of anilines is 1. The second-order valence-corrected chi connectivity index (χ2v) is 7.05. The number of allylic oxidation sites excluding steroid dienone is 2. The molecule has 3 nitrogen and oxygen atoms in total. The number of aromatic nitrogens is 2. The van der Waals surface area contributed by atoms with Crippen molar-refractivity contribution in [3.05, 3.63) is 64.4 Å². The zero-order valence-electron chi connectivity index (χ0n) is 13.2. The van der Waals surface area contributed by atoms with Gasteiger partial charge in [0.25, 0.3) is 0 Å². The van der Waals surface area contributed by atoms with Crippen molar-refractivity contribution in [3.8, 4) is 0 Å². The molecule has 3 aromatic rings. The lowest BCUT2D eigenvalue weighted by Gasteiger charge is -2.23. The Bertz CT molecular complexity index is 978. The molecular formula is C18H15ClIN3S. The number of rotatable bonds is 1. The molecule has 0 radical (unpaired) electrons. The van der Waals surface area contributed by atoms with Crippen LogP contribution in [0.3, 0.4) is 0 Å². The van der Waals surface area contributed by atoms with Gasteiger partial charge in [0.1, 0.15) is 10.9 Å². The van der Waals surface area contributed by atoms with Crippen molar-refractivity contribution >= 4 is 50.6 Å². The Labute approximate surface area is 166 Å². The Morgan fingerprint density at radius 2 is 2.08 bits per heavy atom. The van der Waals surface area contributed by atoms with E-state index in [1.165, 1.54) is 16.8 Å². The van der Waals surface area contributed by atoms with Gasteiger partial charge in [-0.15, -0.1) is 0 Å². The number of para-hydroxylation sites is 1. The molecule has 3 heterocycles. The maximum Gasteiger partial charge on any atom is 0.342 e. The molecule has 0 fully saturated rings. The average Bonchev–Trinajstić information content (AvgIpc) is 2.93. The number of pyridine rings is 1. The molecule has 0 spiro atoms. The van der Waals surface area contributed by atoms with Crippen molar-refractivity contribution in [2.24, 2.45) is 7.05 Å². The fraction of sp³-hybridized carbons (Fsp3) is 0.111. The molecule has 4 rings (SSSR count). The number of fused-ring (bicyclic) bond motifs is 2. The van der Waals surface area contributed by atoms with E-state index < -0.39 is 0 Å². The normalized spacial score (nSPS) is 14.8. The lowest BCUT2D eigenvalue weighted by Crippen LogP contribution is -3.00. The minimum atomic E-state index is 0. The lowest BCUT2D eigenvalue weighted by molar-refractivity contribution is -0.646. The second-order valence-electron chi connectivity index (χ2n) is 5.55. The van der Waals surface area contributed by atoms with Crippen molar-refractivity contribution < 1.29 is 28.5 Å². The van der Waals surface area contributed by atoms with Crippen LogP contribution in [0.15, 0.2) is 48.8 Å². The predicted molar refractivity (Wildman–Crippen MR) is 97.7 cm³/mol. The summed E-state index contributed by atoms with van der Waals surface area (Å²) < 4.78 is 3.06. The molecule has 1 aliphatic rings. The maximum absolute atomic E-state index is 6.13. The summed E-state index contributed by atoms with van der Waals surface area (Å²) in [5.41, 5.74) is 4.55. The predicted octanol–water partition coefficient (Wildman–Crippen LogP) is 1.28. The third kappa shape index (κ3) is 3.08. The molecule has 0 amide bonds. The first kappa shape index (κ1) is 17.4. The first-order valence-corrected chi connectivity index (χ1v) is 8.49. The van der Waals surface area contributed by atoms with Crippen molar-refractivity contribution in [1.82, 2.24) is 4.98 Å². The number of aryl methyl sites for hydroxylation is 1. The fourth-order valence-corrected chi connectivity index (χ4v) is 4.13. The number of benzene rings is 1. The first-order chi connectivity index (χ1) is 11.1. The number of halogens is 2. The van der Waals surface area contributed by atoms with Gasteiger partial charge < -0.3 is 28.9 Å². The molecule has 0 N–H and O–H groups in total. The molecule has 2 aromatic heterocycles. The van der Waals surface area contributed by atoms with Gasteiger partial charge in [0.15, 0.2) is 0 Å². The van der Waals surface area contributed by atoms with Gasteiger partial charge in [0.2, 0.25) is 5.01 Å². The summed E-state index contributed by atoms with van der Waals surface area (Å²) in [6.07, 6.45) is 8.23. The Hall–Kier alpha value is -1.44. The molecule has 122 valence electrons. The van der Waals surface area contributed by atoms with Gasteiger partial charge in [-0.25, -0.2) is 4.57 Å². The van der Waals surface area contributed by atoms with Gasteiger partial charge in [-0.2, -0.15) is 0 Å². The van der Waals surface area contributed by atoms with Gasteiger partial charge in [-0.05, 0) is 28.8 Å². The summed E-state index contributed by atoms with van der Waals surface area (Å²) in [5.74, 6) is 0. The minimum Gasteiger partial charge on any atom is -1.00 e. The molecule has 0 bridgehead atoms. The largest absolute Gasteiger partial charge is 1.00 e. The topological polar surface area (TPSA) is 20.0 Å². The molecule has 0 aliphatic carbocycles. The summed E-state index contributed by atoms with van der Waals surface area (Å²) in [6, 6.07) is 10.4. The van der Waals surface area contributed by atoms with Crippen LogP contribution in [-0.4, -0.2) is 12.0 Å². The molecule has 0 saturated carbocycles. The molecule has 1 aliphatic heterocycles. The summed E-state index contributed by atoms with van der Waals surface area (Å²) in [6.45, 7) is 0. The molecule has 0 atom stereocenters. The minimum absolute atomic E-state index is 0. The van der Waals surface area contributed by atoms with Crippen LogP contribution in [0.5, 0.6) is 0 Å². The van der Waals surface area contributed by atoms with Crippen molar-refractivity contribution in [1.29, 1.82) is 0 Å². The molecule has 6 heteroatoms. The van der Waals surface area contributed by atoms with Gasteiger partial charge >= 0.3 is 5.65 Å². The molecule has 1 aromatic carbocycles. The standard InChI is InChI=1S/C18H15ClN3S.HI/c1-21-8-7-12(14-5-3-4-6-15(14)21)9-17-20-18-16(23-17)10-13(19)11-22(18)2;/h3-11H,1-2H3;1H/q+1;/p-1. The number of hydrogen-bond acceptors (Lipinski definition) is 3. The van der Waals surface area contributed by atoms with E-state index in [4.69, 9.17) is 16.6 Å². The molecule has 0 unspecified atom stereocenters. The van der Waals surface area contributed by atoms with Crippen molar-refractivity contribution in [2.45, 2.75) is 0 Å². The highest BCUT2D eigenvalue weighted by Crippen LogP contribution is 2.34. The summed E-state index contributed by atoms with van der Waals surface area (Å²) >= 11 is 7.79. The monoisotopic (exact) mass is 467 g/mol. The van der Waals surface area contributed by atoms with E-state index in [2.05, 4.69) is 54.6 Å². The third-order valence-corrected chi connectivity index (χ3v) is 5.07. The zero-order valence-corrected chi connectivity index (χ0v) is 16.9. The Balaban J connectivity index is 0.00000169. The highest BCUT2D eigenvalue weighted by atomic mass is 127. The van der Waals surface area contributed by atoms with E-state index in [0.717, 1.165) is 20.4 Å². The number of hydrogen-bond donors (Lipinski definition) is 0. The summed E-state index contributed by atoms with van der Waals surface area (Å²) in [5, 5.41) is 1.71.